The van der Waals surface area contributed by atoms with E-state index < -0.39 is 35.6 Å². The lowest BCUT2D eigenvalue weighted by atomic mass is 10.0. The van der Waals surface area contributed by atoms with Crippen molar-refractivity contribution in [1.29, 1.82) is 0 Å². The number of piperidine rings is 2. The van der Waals surface area contributed by atoms with Crippen LogP contribution in [0.2, 0.25) is 0 Å². The molecule has 4 heterocycles. The molecular formula is C38H36N6O6. The van der Waals surface area contributed by atoms with Gasteiger partial charge in [0.25, 0.3) is 17.7 Å². The summed E-state index contributed by atoms with van der Waals surface area (Å²) in [5, 5.41) is 2.23. The number of benzene rings is 3. The van der Waals surface area contributed by atoms with Crippen molar-refractivity contribution < 1.29 is 28.7 Å². The Morgan fingerprint density at radius 2 is 1.58 bits per heavy atom. The van der Waals surface area contributed by atoms with E-state index in [4.69, 9.17) is 15.5 Å². The van der Waals surface area contributed by atoms with Gasteiger partial charge >= 0.3 is 0 Å². The highest BCUT2D eigenvalue weighted by Crippen LogP contribution is 2.32. The van der Waals surface area contributed by atoms with Gasteiger partial charge in [0.2, 0.25) is 11.8 Å². The van der Waals surface area contributed by atoms with Crippen LogP contribution in [0.5, 0.6) is 11.5 Å². The van der Waals surface area contributed by atoms with Crippen LogP contribution in [0, 0.1) is 0 Å². The lowest BCUT2D eigenvalue weighted by Crippen LogP contribution is -2.54. The molecule has 2 saturated heterocycles. The second-order valence-electron chi connectivity index (χ2n) is 12.8. The average molecular weight is 673 g/mol. The molecule has 2 fully saturated rings. The summed E-state index contributed by atoms with van der Waals surface area (Å²) in [6, 6.07) is 25.0. The normalized spacial score (nSPS) is 18.0. The molecule has 50 heavy (non-hydrogen) atoms. The van der Waals surface area contributed by atoms with Crippen LogP contribution in [0.3, 0.4) is 0 Å². The van der Waals surface area contributed by atoms with E-state index in [1.165, 1.54) is 0 Å². The first kappa shape index (κ1) is 32.7. The van der Waals surface area contributed by atoms with Crippen LogP contribution >= 0.6 is 0 Å². The Hall–Kier alpha value is -5.88. The van der Waals surface area contributed by atoms with Crippen molar-refractivity contribution in [3.05, 3.63) is 107 Å². The van der Waals surface area contributed by atoms with Gasteiger partial charge in [0.1, 0.15) is 23.4 Å². The van der Waals surface area contributed by atoms with Gasteiger partial charge in [-0.1, -0.05) is 24.3 Å². The van der Waals surface area contributed by atoms with Crippen molar-refractivity contribution in [2.75, 3.05) is 25.0 Å². The molecule has 0 saturated carbocycles. The predicted molar refractivity (Wildman–Crippen MR) is 185 cm³/mol. The molecule has 7 rings (SSSR count). The van der Waals surface area contributed by atoms with Gasteiger partial charge in [-0.3, -0.25) is 39.1 Å². The van der Waals surface area contributed by atoms with Crippen LogP contribution in [0.1, 0.15) is 62.3 Å². The van der Waals surface area contributed by atoms with Crippen LogP contribution in [0.25, 0.3) is 11.3 Å². The second kappa shape index (κ2) is 13.6. The number of ether oxygens (including phenoxy) is 1. The van der Waals surface area contributed by atoms with Gasteiger partial charge < -0.3 is 15.4 Å². The van der Waals surface area contributed by atoms with E-state index in [2.05, 4.69) is 15.1 Å². The minimum Gasteiger partial charge on any atom is -0.457 e. The van der Waals surface area contributed by atoms with E-state index >= 15 is 0 Å². The molecule has 3 aliphatic rings. The summed E-state index contributed by atoms with van der Waals surface area (Å²) >= 11 is 0. The van der Waals surface area contributed by atoms with E-state index in [0.29, 0.717) is 23.6 Å². The molecular weight excluding hydrogens is 636 g/mol. The lowest BCUT2D eigenvalue weighted by molar-refractivity contribution is -0.136. The Kier molecular flexibility index (Phi) is 8.85. The Labute approximate surface area is 288 Å². The summed E-state index contributed by atoms with van der Waals surface area (Å²) < 4.78 is 5.92. The molecule has 254 valence electrons. The Morgan fingerprint density at radius 3 is 2.28 bits per heavy atom. The zero-order valence-electron chi connectivity index (χ0n) is 27.5. The quantitative estimate of drug-likeness (QED) is 0.250. The highest BCUT2D eigenvalue weighted by atomic mass is 16.5. The van der Waals surface area contributed by atoms with E-state index in [1.54, 1.807) is 18.2 Å². The molecule has 1 atom stereocenters. The summed E-state index contributed by atoms with van der Waals surface area (Å²) in [6.07, 6.45) is 1.92. The van der Waals surface area contributed by atoms with Crippen molar-refractivity contribution in [3.63, 3.8) is 0 Å². The zero-order chi connectivity index (χ0) is 34.9. The topological polar surface area (TPSA) is 155 Å². The molecule has 1 aromatic heterocycles. The number of carbonyl (C=O) groups excluding carboxylic acids is 5. The van der Waals surface area contributed by atoms with Gasteiger partial charge in [-0.25, -0.2) is 4.98 Å². The van der Waals surface area contributed by atoms with Gasteiger partial charge in [0, 0.05) is 37.7 Å². The number of nitrogens with two attached hydrogens (primary N) is 1. The molecule has 0 aliphatic carbocycles. The number of carbonyl (C=O) groups is 5. The summed E-state index contributed by atoms with van der Waals surface area (Å²) in [6.45, 7) is 2.07. The Morgan fingerprint density at radius 1 is 0.880 bits per heavy atom. The van der Waals surface area contributed by atoms with Crippen molar-refractivity contribution in [1.82, 2.24) is 20.1 Å². The smallest absolute Gasteiger partial charge is 0.262 e. The number of nitrogens with zero attached hydrogens (tertiary/aromatic N) is 4. The second-order valence-corrected chi connectivity index (χ2v) is 12.8. The minimum absolute atomic E-state index is 0.0772. The van der Waals surface area contributed by atoms with Crippen LogP contribution in [-0.4, -0.2) is 76.5 Å². The van der Waals surface area contributed by atoms with E-state index in [9.17, 15) is 24.0 Å². The Balaban J connectivity index is 0.994. The summed E-state index contributed by atoms with van der Waals surface area (Å²) in [5.41, 5.74) is 8.78. The maximum absolute atomic E-state index is 13.3. The molecule has 1 unspecified atom stereocenters. The molecule has 12 heteroatoms. The third-order valence-electron chi connectivity index (χ3n) is 9.60. The number of imide groups is 2. The Bertz CT molecular complexity index is 1990. The molecule has 0 spiro atoms. The fourth-order valence-corrected chi connectivity index (χ4v) is 6.92. The number of amides is 5. The van der Waals surface area contributed by atoms with Crippen LogP contribution in [0.15, 0.2) is 84.9 Å². The van der Waals surface area contributed by atoms with Crippen LogP contribution in [0.4, 0.5) is 5.82 Å². The maximum Gasteiger partial charge on any atom is 0.262 e. The predicted octanol–water partition coefficient (Wildman–Crippen LogP) is 4.14. The number of anilines is 1. The van der Waals surface area contributed by atoms with Crippen molar-refractivity contribution in [2.45, 2.75) is 44.3 Å². The van der Waals surface area contributed by atoms with Crippen LogP contribution < -0.4 is 20.7 Å². The molecule has 12 nitrogen and oxygen atoms in total. The van der Waals surface area contributed by atoms with Crippen molar-refractivity contribution >= 4 is 35.4 Å². The fraction of sp³-hybridized carbons (Fsp3) is 0.263. The lowest BCUT2D eigenvalue weighted by Gasteiger charge is -2.37. The largest absolute Gasteiger partial charge is 0.457 e. The van der Waals surface area contributed by atoms with E-state index in [1.807, 2.05) is 73.8 Å². The molecule has 3 N–H and O–H groups in total. The first-order valence-electron chi connectivity index (χ1n) is 16.6. The van der Waals surface area contributed by atoms with Crippen molar-refractivity contribution in [2.24, 2.45) is 5.73 Å². The molecule has 0 radical (unpaired) electrons. The first-order valence-corrected chi connectivity index (χ1v) is 16.6. The number of hydrogen-bond acceptors (Lipinski definition) is 9. The maximum atomic E-state index is 13.3. The van der Waals surface area contributed by atoms with Gasteiger partial charge in [-0.2, -0.15) is 0 Å². The van der Waals surface area contributed by atoms with Crippen molar-refractivity contribution in [3.8, 4) is 22.8 Å². The SMILES string of the molecule is CN(Cc1ccc2c(c1)C(=O)N(C1CCC(=O)NC1=O)C2=O)C1CCN(c2ccc(C(N)=O)c(-c3ccc(Oc4ccccc4)cc3)n2)CC1. The molecule has 0 bridgehead atoms. The number of para-hydroxylation sites is 1. The highest BCUT2D eigenvalue weighted by Gasteiger charge is 2.44. The van der Waals surface area contributed by atoms with E-state index in [-0.39, 0.29) is 30.0 Å². The number of primary amides is 1. The zero-order valence-corrected chi connectivity index (χ0v) is 27.5. The monoisotopic (exact) mass is 672 g/mol. The van der Waals surface area contributed by atoms with Gasteiger partial charge in [-0.05, 0) is 92.5 Å². The summed E-state index contributed by atoms with van der Waals surface area (Å²) in [7, 11) is 2.04. The van der Waals surface area contributed by atoms with E-state index in [0.717, 1.165) is 53.5 Å². The highest BCUT2D eigenvalue weighted by molar-refractivity contribution is 6.23. The molecule has 4 aromatic rings. The number of nitrogens with one attached hydrogen (secondary N) is 1. The molecule has 3 aliphatic heterocycles. The average Bonchev–Trinajstić information content (AvgIpc) is 3.37. The third kappa shape index (κ3) is 6.45. The third-order valence-corrected chi connectivity index (χ3v) is 9.60. The van der Waals surface area contributed by atoms with Gasteiger partial charge in [0.05, 0.1) is 22.4 Å². The molecule has 3 aromatic carbocycles. The minimum atomic E-state index is -0.992. The number of fused-ring (bicyclic) bond motifs is 1. The summed E-state index contributed by atoms with van der Waals surface area (Å²) in [5.74, 6) is -0.451. The number of aromatic nitrogens is 1. The number of pyridine rings is 1. The summed E-state index contributed by atoms with van der Waals surface area (Å²) in [4.78, 5) is 73.0. The fourth-order valence-electron chi connectivity index (χ4n) is 6.92. The number of rotatable bonds is 9. The van der Waals surface area contributed by atoms with Gasteiger partial charge in [0.15, 0.2) is 0 Å². The van der Waals surface area contributed by atoms with Crippen LogP contribution in [-0.2, 0) is 16.1 Å². The number of hydrogen-bond donors (Lipinski definition) is 2. The first-order chi connectivity index (χ1) is 24.2. The standard InChI is InChI=1S/C38H36N6O6/c1-42(22-23-7-12-28-30(21-23)38(49)44(37(28)48)31-14-16-33(45)41-36(31)47)25-17-19-43(20-18-25)32-15-13-29(35(39)46)34(40-32)24-8-10-27(11-9-24)50-26-5-3-2-4-6-26/h2-13,15,21,25,31H,14,16-20,22H2,1H3,(H2,39,46)(H,41,45,47). The molecule has 5 amide bonds. The van der Waals surface area contributed by atoms with Gasteiger partial charge in [-0.15, -0.1) is 0 Å².